The standard InChI is InChI=1S/C26H23FN4O4/c27-18-4-5-22-20(14-18)17(15-29-22)9-11-31-13-12-30(23-3-1-2-21-19(23)8-10-28-21)16-26(31)34-24(32)6-7-25(33)35-26/h1-8,10,14-15,28-29H,9,11-13,16H2. The maximum atomic E-state index is 13.8. The highest BCUT2D eigenvalue weighted by molar-refractivity contribution is 5.94. The minimum absolute atomic E-state index is 0.152. The van der Waals surface area contributed by atoms with Gasteiger partial charge in [-0.15, -0.1) is 0 Å². The number of carbonyl (C=O) groups is 2. The molecule has 6 rings (SSSR count). The number of hydrogen-bond donors (Lipinski definition) is 2. The van der Waals surface area contributed by atoms with Gasteiger partial charge < -0.3 is 24.3 Å². The molecular weight excluding hydrogens is 451 g/mol. The van der Waals surface area contributed by atoms with Crippen molar-refractivity contribution in [3.05, 3.63) is 78.4 Å². The number of esters is 2. The van der Waals surface area contributed by atoms with Gasteiger partial charge in [0.15, 0.2) is 0 Å². The number of aromatic amines is 2. The highest BCUT2D eigenvalue weighted by Crippen LogP contribution is 2.34. The highest BCUT2D eigenvalue weighted by atomic mass is 19.1. The van der Waals surface area contributed by atoms with Crippen molar-refractivity contribution in [1.82, 2.24) is 14.9 Å². The minimum Gasteiger partial charge on any atom is -0.403 e. The van der Waals surface area contributed by atoms with E-state index in [1.807, 2.05) is 41.6 Å². The summed E-state index contributed by atoms with van der Waals surface area (Å²) >= 11 is 0. The lowest BCUT2D eigenvalue weighted by Gasteiger charge is -2.48. The fourth-order valence-corrected chi connectivity index (χ4v) is 5.01. The summed E-state index contributed by atoms with van der Waals surface area (Å²) in [5, 5.41) is 1.83. The summed E-state index contributed by atoms with van der Waals surface area (Å²) in [5.41, 5.74) is 3.72. The molecule has 8 nitrogen and oxygen atoms in total. The Morgan fingerprint density at radius 2 is 1.74 bits per heavy atom. The van der Waals surface area contributed by atoms with E-state index in [9.17, 15) is 14.0 Å². The van der Waals surface area contributed by atoms with Gasteiger partial charge in [0.25, 0.3) is 0 Å². The average Bonchev–Trinajstić information content (AvgIpc) is 3.45. The van der Waals surface area contributed by atoms with Crippen molar-refractivity contribution < 1.29 is 23.5 Å². The molecule has 1 fully saturated rings. The van der Waals surface area contributed by atoms with Crippen molar-refractivity contribution in [3.63, 3.8) is 0 Å². The Morgan fingerprint density at radius 1 is 0.943 bits per heavy atom. The molecule has 0 unspecified atom stereocenters. The Balaban J connectivity index is 1.32. The van der Waals surface area contributed by atoms with Gasteiger partial charge in [-0.1, -0.05) is 6.07 Å². The van der Waals surface area contributed by atoms with E-state index >= 15 is 0 Å². The molecule has 9 heteroatoms. The molecule has 2 aromatic carbocycles. The summed E-state index contributed by atoms with van der Waals surface area (Å²) in [6.45, 7) is 1.71. The normalized spacial score (nSPS) is 18.3. The van der Waals surface area contributed by atoms with E-state index in [4.69, 9.17) is 9.47 Å². The predicted octanol–water partition coefficient (Wildman–Crippen LogP) is 3.46. The summed E-state index contributed by atoms with van der Waals surface area (Å²) < 4.78 is 25.4. The van der Waals surface area contributed by atoms with Crippen LogP contribution in [0.2, 0.25) is 0 Å². The highest BCUT2D eigenvalue weighted by Gasteiger charge is 2.50. The van der Waals surface area contributed by atoms with Crippen LogP contribution >= 0.6 is 0 Å². The van der Waals surface area contributed by atoms with Gasteiger partial charge >= 0.3 is 17.8 Å². The number of halogens is 1. The van der Waals surface area contributed by atoms with Crippen LogP contribution in [0.15, 0.2) is 67.0 Å². The molecule has 0 radical (unpaired) electrons. The van der Waals surface area contributed by atoms with Gasteiger partial charge in [-0.3, -0.25) is 0 Å². The first-order chi connectivity index (χ1) is 17.0. The quantitative estimate of drug-likeness (QED) is 0.441. The van der Waals surface area contributed by atoms with Gasteiger partial charge in [0.2, 0.25) is 0 Å². The molecule has 1 spiro atoms. The van der Waals surface area contributed by atoms with Crippen LogP contribution < -0.4 is 4.90 Å². The molecule has 0 saturated carbocycles. The molecule has 0 amide bonds. The van der Waals surface area contributed by atoms with Crippen LogP contribution in [0.25, 0.3) is 21.8 Å². The number of H-pyrrole nitrogens is 2. The predicted molar refractivity (Wildman–Crippen MR) is 128 cm³/mol. The van der Waals surface area contributed by atoms with Gasteiger partial charge in [-0.2, -0.15) is 0 Å². The number of ether oxygens (including phenoxy) is 2. The molecule has 2 aliphatic rings. The number of aromatic nitrogens is 2. The second-order valence-corrected chi connectivity index (χ2v) is 8.77. The topological polar surface area (TPSA) is 90.7 Å². The molecule has 4 heterocycles. The molecule has 4 aromatic rings. The number of carbonyl (C=O) groups excluding carboxylic acids is 2. The van der Waals surface area contributed by atoms with Crippen LogP contribution in [-0.2, 0) is 25.5 Å². The van der Waals surface area contributed by atoms with Crippen molar-refractivity contribution in [2.45, 2.75) is 12.3 Å². The number of rotatable bonds is 4. The lowest BCUT2D eigenvalue weighted by atomic mass is 10.1. The van der Waals surface area contributed by atoms with E-state index in [1.165, 1.54) is 12.1 Å². The third-order valence-corrected chi connectivity index (χ3v) is 6.68. The smallest absolute Gasteiger partial charge is 0.339 e. The third-order valence-electron chi connectivity index (χ3n) is 6.68. The van der Waals surface area contributed by atoms with Gasteiger partial charge in [0.1, 0.15) is 12.4 Å². The molecule has 0 bridgehead atoms. The maximum absolute atomic E-state index is 13.8. The molecule has 0 atom stereocenters. The van der Waals surface area contributed by atoms with Crippen LogP contribution in [0.5, 0.6) is 0 Å². The number of fused-ring (bicyclic) bond motifs is 2. The van der Waals surface area contributed by atoms with Crippen LogP contribution in [0.1, 0.15) is 5.56 Å². The zero-order chi connectivity index (χ0) is 24.0. The number of anilines is 1. The third kappa shape index (κ3) is 3.83. The maximum Gasteiger partial charge on any atom is 0.339 e. The van der Waals surface area contributed by atoms with Gasteiger partial charge in [0, 0.05) is 71.7 Å². The zero-order valence-corrected chi connectivity index (χ0v) is 18.8. The monoisotopic (exact) mass is 474 g/mol. The van der Waals surface area contributed by atoms with Crippen molar-refractivity contribution in [3.8, 4) is 0 Å². The van der Waals surface area contributed by atoms with E-state index in [1.54, 1.807) is 6.07 Å². The van der Waals surface area contributed by atoms with Crippen LogP contribution in [0.4, 0.5) is 10.1 Å². The summed E-state index contributed by atoms with van der Waals surface area (Å²) in [6.07, 6.45) is 6.44. The van der Waals surface area contributed by atoms with Crippen molar-refractivity contribution >= 4 is 39.4 Å². The van der Waals surface area contributed by atoms with Gasteiger partial charge in [0.05, 0.1) is 0 Å². The SMILES string of the molecule is O=C1C=CC(=O)OC2(CN(c3cccc4[nH]ccc34)CCN2CCc2c[nH]c3ccc(F)cc23)O1. The Hall–Kier alpha value is -4.11. The fourth-order valence-electron chi connectivity index (χ4n) is 5.01. The van der Waals surface area contributed by atoms with E-state index in [-0.39, 0.29) is 12.4 Å². The molecule has 35 heavy (non-hydrogen) atoms. The summed E-state index contributed by atoms with van der Waals surface area (Å²) in [7, 11) is 0. The van der Waals surface area contributed by atoms with E-state index in [2.05, 4.69) is 14.9 Å². The minimum atomic E-state index is -1.59. The first-order valence-electron chi connectivity index (χ1n) is 11.5. The van der Waals surface area contributed by atoms with Gasteiger partial charge in [-0.25, -0.2) is 18.9 Å². The average molecular weight is 474 g/mol. The van der Waals surface area contributed by atoms with Crippen molar-refractivity contribution in [2.75, 3.05) is 31.1 Å². The van der Waals surface area contributed by atoms with Crippen molar-refractivity contribution in [2.24, 2.45) is 0 Å². The lowest BCUT2D eigenvalue weighted by Crippen LogP contribution is -2.66. The molecule has 178 valence electrons. The fraction of sp³-hybridized carbons (Fsp3) is 0.231. The van der Waals surface area contributed by atoms with Crippen LogP contribution in [-0.4, -0.2) is 58.9 Å². The van der Waals surface area contributed by atoms with E-state index < -0.39 is 17.8 Å². The number of benzene rings is 2. The first-order valence-corrected chi connectivity index (χ1v) is 11.5. The number of nitrogens with zero attached hydrogens (tertiary/aromatic N) is 2. The Kier molecular flexibility index (Phi) is 5.07. The van der Waals surface area contributed by atoms with Crippen LogP contribution in [0.3, 0.4) is 0 Å². The Labute approximate surface area is 199 Å². The van der Waals surface area contributed by atoms with Crippen LogP contribution in [0, 0.1) is 5.82 Å². The molecule has 0 aliphatic carbocycles. The molecule has 2 N–H and O–H groups in total. The van der Waals surface area contributed by atoms with E-state index in [0.29, 0.717) is 26.1 Å². The molecular formula is C26H23FN4O4. The molecule has 2 aromatic heterocycles. The summed E-state index contributed by atoms with van der Waals surface area (Å²) in [4.78, 5) is 35.3. The zero-order valence-electron chi connectivity index (χ0n) is 18.8. The molecule has 2 aliphatic heterocycles. The number of hydrogen-bond acceptors (Lipinski definition) is 6. The second kappa shape index (κ2) is 8.28. The largest absolute Gasteiger partial charge is 0.403 e. The lowest BCUT2D eigenvalue weighted by molar-refractivity contribution is -0.282. The molecule has 1 saturated heterocycles. The number of piperazine rings is 1. The summed E-state index contributed by atoms with van der Waals surface area (Å²) in [6, 6.07) is 12.6. The Morgan fingerprint density at radius 3 is 2.57 bits per heavy atom. The summed E-state index contributed by atoms with van der Waals surface area (Å²) in [5.74, 6) is -3.18. The number of nitrogens with one attached hydrogen (secondary N) is 2. The van der Waals surface area contributed by atoms with E-state index in [0.717, 1.165) is 45.2 Å². The van der Waals surface area contributed by atoms with Gasteiger partial charge in [-0.05, 0) is 48.4 Å². The second-order valence-electron chi connectivity index (χ2n) is 8.77. The first kappa shape index (κ1) is 21.4. The Bertz CT molecular complexity index is 1450. The van der Waals surface area contributed by atoms with Crippen molar-refractivity contribution in [1.29, 1.82) is 0 Å².